The van der Waals surface area contributed by atoms with Crippen molar-refractivity contribution in [2.75, 3.05) is 12.8 Å². The summed E-state index contributed by atoms with van der Waals surface area (Å²) in [7, 11) is 3.95. The fourth-order valence-electron chi connectivity index (χ4n) is 2.19. The summed E-state index contributed by atoms with van der Waals surface area (Å²) in [5, 5.41) is 7.81. The topological polar surface area (TPSA) is 29.9 Å². The van der Waals surface area contributed by atoms with E-state index in [-0.39, 0.29) is 5.82 Å². The summed E-state index contributed by atoms with van der Waals surface area (Å²) in [6.07, 6.45) is 1.87. The Bertz CT molecular complexity index is 583. The lowest BCUT2D eigenvalue weighted by molar-refractivity contribution is 0.581. The fourth-order valence-corrected chi connectivity index (χ4v) is 3.23. The van der Waals surface area contributed by atoms with Crippen LogP contribution in [0.25, 0.3) is 0 Å². The number of halogens is 1. The highest BCUT2D eigenvalue weighted by atomic mass is 32.2. The SMILES string of the molecule is CCc1cc(CC(CSc2cccc(F)c2)NC)n(C)n1. The van der Waals surface area contributed by atoms with Crippen molar-refractivity contribution in [3.63, 3.8) is 0 Å². The first-order valence-electron chi connectivity index (χ1n) is 7.19. The number of benzene rings is 1. The second-order valence-corrected chi connectivity index (χ2v) is 6.16. The van der Waals surface area contributed by atoms with Crippen molar-refractivity contribution >= 4 is 11.8 Å². The Kier molecular flexibility index (Phi) is 5.82. The van der Waals surface area contributed by atoms with Crippen LogP contribution < -0.4 is 5.32 Å². The molecule has 0 aliphatic carbocycles. The number of nitrogens with one attached hydrogen (secondary N) is 1. The third-order valence-corrected chi connectivity index (χ3v) is 4.66. The van der Waals surface area contributed by atoms with E-state index in [1.165, 1.54) is 11.8 Å². The molecule has 0 aliphatic rings. The lowest BCUT2D eigenvalue weighted by atomic mass is 10.1. The molecule has 1 unspecified atom stereocenters. The molecule has 1 aromatic carbocycles. The van der Waals surface area contributed by atoms with Gasteiger partial charge in [-0.25, -0.2) is 4.39 Å². The molecule has 21 heavy (non-hydrogen) atoms. The normalized spacial score (nSPS) is 12.6. The van der Waals surface area contributed by atoms with Gasteiger partial charge >= 0.3 is 0 Å². The average molecular weight is 307 g/mol. The summed E-state index contributed by atoms with van der Waals surface area (Å²) in [6, 6.07) is 9.24. The van der Waals surface area contributed by atoms with Crippen molar-refractivity contribution in [3.8, 4) is 0 Å². The van der Waals surface area contributed by atoms with Crippen LogP contribution in [0.1, 0.15) is 18.3 Å². The number of rotatable bonds is 7. The van der Waals surface area contributed by atoms with Crippen LogP contribution >= 0.6 is 11.8 Å². The molecule has 0 spiro atoms. The number of hydrogen-bond donors (Lipinski definition) is 1. The van der Waals surface area contributed by atoms with Crippen LogP contribution in [0.5, 0.6) is 0 Å². The first kappa shape index (κ1) is 16.0. The standard InChI is InChI=1S/C16H22FN3S/c1-4-13-9-15(20(3)19-13)10-14(18-2)11-21-16-7-5-6-12(17)8-16/h5-9,14,18H,4,10-11H2,1-3H3. The van der Waals surface area contributed by atoms with Crippen LogP contribution in [0.2, 0.25) is 0 Å². The Balaban J connectivity index is 1.95. The molecule has 1 atom stereocenters. The van der Waals surface area contributed by atoms with Crippen LogP contribution in [0, 0.1) is 5.82 Å². The third kappa shape index (κ3) is 4.58. The molecule has 2 aromatic rings. The zero-order valence-electron chi connectivity index (χ0n) is 12.8. The van der Waals surface area contributed by atoms with E-state index in [0.29, 0.717) is 6.04 Å². The molecule has 0 amide bonds. The van der Waals surface area contributed by atoms with Gasteiger partial charge in [0.2, 0.25) is 0 Å². The number of thioether (sulfide) groups is 1. The Labute approximate surface area is 129 Å². The van der Waals surface area contributed by atoms with Gasteiger partial charge < -0.3 is 5.32 Å². The van der Waals surface area contributed by atoms with Crippen molar-refractivity contribution in [2.45, 2.75) is 30.7 Å². The molecule has 5 heteroatoms. The van der Waals surface area contributed by atoms with Crippen LogP contribution in [0.15, 0.2) is 35.2 Å². The molecular formula is C16H22FN3S. The number of aromatic nitrogens is 2. The van der Waals surface area contributed by atoms with Crippen LogP contribution in [0.4, 0.5) is 4.39 Å². The zero-order valence-corrected chi connectivity index (χ0v) is 13.6. The number of likely N-dealkylation sites (N-methyl/N-ethyl adjacent to an activating group) is 1. The van der Waals surface area contributed by atoms with E-state index in [1.807, 2.05) is 24.8 Å². The first-order chi connectivity index (χ1) is 10.1. The Morgan fingerprint density at radius 2 is 2.19 bits per heavy atom. The van der Waals surface area contributed by atoms with E-state index in [4.69, 9.17) is 0 Å². The largest absolute Gasteiger partial charge is 0.316 e. The maximum atomic E-state index is 13.2. The van der Waals surface area contributed by atoms with E-state index >= 15 is 0 Å². The quantitative estimate of drug-likeness (QED) is 0.797. The van der Waals surface area contributed by atoms with E-state index in [2.05, 4.69) is 23.4 Å². The number of hydrogen-bond acceptors (Lipinski definition) is 3. The van der Waals surface area contributed by atoms with E-state index in [9.17, 15) is 4.39 Å². The fraction of sp³-hybridized carbons (Fsp3) is 0.438. The number of aryl methyl sites for hydroxylation is 2. The van der Waals surface area contributed by atoms with Gasteiger partial charge in [0.15, 0.2) is 0 Å². The van der Waals surface area contributed by atoms with E-state index in [0.717, 1.165) is 29.2 Å². The Morgan fingerprint density at radius 1 is 1.38 bits per heavy atom. The highest BCUT2D eigenvalue weighted by Gasteiger charge is 2.12. The summed E-state index contributed by atoms with van der Waals surface area (Å²) in [6.45, 7) is 2.11. The Morgan fingerprint density at radius 3 is 2.81 bits per heavy atom. The summed E-state index contributed by atoms with van der Waals surface area (Å²) in [5.41, 5.74) is 2.35. The molecule has 0 radical (unpaired) electrons. The molecular weight excluding hydrogens is 285 g/mol. The molecule has 1 aromatic heterocycles. The van der Waals surface area contributed by atoms with E-state index < -0.39 is 0 Å². The van der Waals surface area contributed by atoms with Gasteiger partial charge in [-0.15, -0.1) is 11.8 Å². The van der Waals surface area contributed by atoms with Gasteiger partial charge in [0.05, 0.1) is 5.69 Å². The average Bonchev–Trinajstić information content (AvgIpc) is 2.84. The summed E-state index contributed by atoms with van der Waals surface area (Å²) in [4.78, 5) is 0.967. The van der Waals surface area contributed by atoms with Crippen molar-refractivity contribution in [2.24, 2.45) is 7.05 Å². The predicted molar refractivity (Wildman–Crippen MR) is 86.3 cm³/mol. The van der Waals surface area contributed by atoms with Gasteiger partial charge in [-0.05, 0) is 37.7 Å². The molecule has 0 aliphatic heterocycles. The molecule has 0 bridgehead atoms. The third-order valence-electron chi connectivity index (χ3n) is 3.50. The molecule has 1 heterocycles. The molecule has 1 N–H and O–H groups in total. The van der Waals surface area contributed by atoms with Crippen molar-refractivity contribution in [1.29, 1.82) is 0 Å². The molecule has 2 rings (SSSR count). The number of nitrogens with zero attached hydrogens (tertiary/aromatic N) is 2. The van der Waals surface area contributed by atoms with Crippen molar-refractivity contribution < 1.29 is 4.39 Å². The second kappa shape index (κ2) is 7.61. The highest BCUT2D eigenvalue weighted by molar-refractivity contribution is 7.99. The van der Waals surface area contributed by atoms with Crippen LogP contribution in [0.3, 0.4) is 0 Å². The summed E-state index contributed by atoms with van der Waals surface area (Å²) in [5.74, 6) is 0.715. The van der Waals surface area contributed by atoms with Gasteiger partial charge in [-0.1, -0.05) is 13.0 Å². The van der Waals surface area contributed by atoms with Crippen molar-refractivity contribution in [3.05, 3.63) is 47.5 Å². The highest BCUT2D eigenvalue weighted by Crippen LogP contribution is 2.20. The van der Waals surface area contributed by atoms with Gasteiger partial charge in [0.25, 0.3) is 0 Å². The smallest absolute Gasteiger partial charge is 0.124 e. The minimum absolute atomic E-state index is 0.180. The molecule has 114 valence electrons. The van der Waals surface area contributed by atoms with Gasteiger partial charge in [-0.2, -0.15) is 5.10 Å². The van der Waals surface area contributed by atoms with Gasteiger partial charge in [-0.3, -0.25) is 4.68 Å². The summed E-state index contributed by atoms with van der Waals surface area (Å²) >= 11 is 1.67. The molecule has 0 saturated carbocycles. The van der Waals surface area contributed by atoms with Crippen LogP contribution in [-0.4, -0.2) is 28.6 Å². The van der Waals surface area contributed by atoms with Gasteiger partial charge in [0.1, 0.15) is 5.82 Å². The lowest BCUT2D eigenvalue weighted by Gasteiger charge is -2.15. The maximum absolute atomic E-state index is 13.2. The first-order valence-corrected chi connectivity index (χ1v) is 8.18. The van der Waals surface area contributed by atoms with E-state index in [1.54, 1.807) is 23.9 Å². The maximum Gasteiger partial charge on any atom is 0.124 e. The lowest BCUT2D eigenvalue weighted by Crippen LogP contribution is -2.30. The molecule has 0 fully saturated rings. The van der Waals surface area contributed by atoms with Gasteiger partial charge in [0, 0.05) is 35.9 Å². The predicted octanol–water partition coefficient (Wildman–Crippen LogP) is 3.04. The van der Waals surface area contributed by atoms with Crippen LogP contribution in [-0.2, 0) is 19.9 Å². The zero-order chi connectivity index (χ0) is 15.2. The second-order valence-electron chi connectivity index (χ2n) is 5.06. The molecule has 0 saturated heterocycles. The van der Waals surface area contributed by atoms with Crippen molar-refractivity contribution in [1.82, 2.24) is 15.1 Å². The minimum atomic E-state index is -0.180. The monoisotopic (exact) mass is 307 g/mol. The molecule has 3 nitrogen and oxygen atoms in total. The summed E-state index contributed by atoms with van der Waals surface area (Å²) < 4.78 is 15.1. The minimum Gasteiger partial charge on any atom is -0.316 e. The Hall–Kier alpha value is -1.33.